The van der Waals surface area contributed by atoms with E-state index in [2.05, 4.69) is 4.98 Å². The van der Waals surface area contributed by atoms with Crippen LogP contribution >= 0.6 is 7.60 Å². The van der Waals surface area contributed by atoms with Crippen LogP contribution in [0.25, 0.3) is 0 Å². The van der Waals surface area contributed by atoms with Gasteiger partial charge in [-0.2, -0.15) is 13.8 Å². The molecule has 1 unspecified atom stereocenters. The Kier molecular flexibility index (Phi) is 3.79. The van der Waals surface area contributed by atoms with Gasteiger partial charge in [-0.25, -0.2) is 0 Å². The molecule has 1 amide bonds. The minimum atomic E-state index is -4.54. The van der Waals surface area contributed by atoms with E-state index in [4.69, 9.17) is 0 Å². The lowest BCUT2D eigenvalue weighted by molar-refractivity contribution is -0.136. The molecule has 3 atom stereocenters. The number of halogens is 2. The van der Waals surface area contributed by atoms with Gasteiger partial charge in [0.05, 0.1) is 6.04 Å². The Bertz CT molecular complexity index is 665. The first-order valence-electron chi connectivity index (χ1n) is 6.98. The first-order valence-corrected chi connectivity index (χ1v) is 8.66. The molecule has 6 nitrogen and oxygen atoms in total. The van der Waals surface area contributed by atoms with Crippen LogP contribution in [0.4, 0.5) is 8.78 Å². The van der Waals surface area contributed by atoms with E-state index in [0.717, 1.165) is 6.07 Å². The fourth-order valence-electron chi connectivity index (χ4n) is 3.43. The molecule has 3 rings (SSSR count). The van der Waals surface area contributed by atoms with Gasteiger partial charge in [0.15, 0.2) is 0 Å². The van der Waals surface area contributed by atoms with Gasteiger partial charge in [-0.1, -0.05) is 0 Å². The normalized spacial score (nSPS) is 28.8. The maximum Gasteiger partial charge on any atom is 0.337 e. The second-order valence-corrected chi connectivity index (χ2v) is 7.49. The van der Waals surface area contributed by atoms with E-state index in [-0.39, 0.29) is 18.0 Å². The number of carbonyl (C=O) groups is 1. The van der Waals surface area contributed by atoms with Crippen LogP contribution in [0.1, 0.15) is 37.3 Å². The van der Waals surface area contributed by atoms with Gasteiger partial charge >= 0.3 is 7.60 Å². The fourth-order valence-corrected chi connectivity index (χ4v) is 4.34. The second-order valence-electron chi connectivity index (χ2n) is 5.69. The molecule has 1 aromatic heterocycles. The van der Waals surface area contributed by atoms with Crippen molar-refractivity contribution < 1.29 is 27.9 Å². The number of aromatic nitrogens is 1. The zero-order valence-electron chi connectivity index (χ0n) is 11.5. The molecule has 2 aliphatic rings. The lowest BCUT2D eigenvalue weighted by Crippen LogP contribution is -2.47. The number of fused-ring (bicyclic) bond motifs is 1. The van der Waals surface area contributed by atoms with Crippen LogP contribution in [0.5, 0.6) is 0 Å². The van der Waals surface area contributed by atoms with Crippen LogP contribution in [-0.2, 0) is 9.36 Å². The van der Waals surface area contributed by atoms with Gasteiger partial charge in [0.2, 0.25) is 17.8 Å². The molecule has 3 heterocycles. The van der Waals surface area contributed by atoms with Gasteiger partial charge in [0.1, 0.15) is 5.66 Å². The molecule has 9 heteroatoms. The summed E-state index contributed by atoms with van der Waals surface area (Å²) in [7, 11) is -4.54. The Labute approximate surface area is 125 Å². The molecule has 2 fully saturated rings. The summed E-state index contributed by atoms with van der Waals surface area (Å²) in [5, 5.41) is 0. The minimum Gasteiger partial charge on any atom is -0.332 e. The van der Waals surface area contributed by atoms with Crippen LogP contribution in [0.2, 0.25) is 0 Å². The topological polar surface area (TPSA) is 90.7 Å². The summed E-state index contributed by atoms with van der Waals surface area (Å²) in [6.45, 7) is 0. The van der Waals surface area contributed by atoms with Crippen molar-refractivity contribution in [2.75, 3.05) is 0 Å². The molecule has 1 aromatic rings. The third kappa shape index (κ3) is 2.55. The molecular formula is C13H15F2N2O4P. The Balaban J connectivity index is 1.95. The highest BCUT2D eigenvalue weighted by Crippen LogP contribution is 2.51. The number of rotatable bonds is 2. The third-order valence-electron chi connectivity index (χ3n) is 4.42. The van der Waals surface area contributed by atoms with Crippen molar-refractivity contribution in [1.29, 1.82) is 0 Å². The number of hydrogen-bond donors (Lipinski definition) is 2. The van der Waals surface area contributed by atoms with Crippen molar-refractivity contribution in [3.8, 4) is 0 Å². The zero-order chi connectivity index (χ0) is 16.1. The molecule has 2 N–H and O–H groups in total. The number of carbonyl (C=O) groups excluding carboxylic acids is 1. The highest BCUT2D eigenvalue weighted by Gasteiger charge is 2.49. The van der Waals surface area contributed by atoms with Crippen LogP contribution < -0.4 is 0 Å². The number of pyridine rings is 1. The van der Waals surface area contributed by atoms with Crippen molar-refractivity contribution in [2.45, 2.75) is 43.4 Å². The van der Waals surface area contributed by atoms with E-state index in [1.165, 1.54) is 11.0 Å². The monoisotopic (exact) mass is 332 g/mol. The largest absolute Gasteiger partial charge is 0.337 e. The van der Waals surface area contributed by atoms with E-state index in [1.807, 2.05) is 0 Å². The molecule has 0 bridgehead atoms. The van der Waals surface area contributed by atoms with Crippen LogP contribution in [0, 0.1) is 11.9 Å². The molecule has 0 aromatic carbocycles. The molecule has 22 heavy (non-hydrogen) atoms. The van der Waals surface area contributed by atoms with E-state index in [0.29, 0.717) is 19.3 Å². The lowest BCUT2D eigenvalue weighted by atomic mass is 10.0. The molecule has 120 valence electrons. The first-order chi connectivity index (χ1) is 10.3. The van der Waals surface area contributed by atoms with E-state index < -0.39 is 37.1 Å². The van der Waals surface area contributed by atoms with Gasteiger partial charge in [0.25, 0.3) is 0 Å². The summed E-state index contributed by atoms with van der Waals surface area (Å²) in [6.07, 6.45) is 1.69. The van der Waals surface area contributed by atoms with Crippen molar-refractivity contribution in [3.63, 3.8) is 0 Å². The Morgan fingerprint density at radius 2 is 1.86 bits per heavy atom. The summed E-state index contributed by atoms with van der Waals surface area (Å²) in [5.74, 6) is -2.60. The highest BCUT2D eigenvalue weighted by atomic mass is 31.2. The second kappa shape index (κ2) is 5.37. The van der Waals surface area contributed by atoms with Gasteiger partial charge < -0.3 is 14.7 Å². The quantitative estimate of drug-likeness (QED) is 0.636. The van der Waals surface area contributed by atoms with Crippen LogP contribution in [0.3, 0.4) is 0 Å². The molecule has 0 spiro atoms. The van der Waals surface area contributed by atoms with Gasteiger partial charge in [0, 0.05) is 11.6 Å². The summed E-state index contributed by atoms with van der Waals surface area (Å²) < 4.78 is 38.3. The van der Waals surface area contributed by atoms with Gasteiger partial charge in [-0.15, -0.1) is 0 Å². The van der Waals surface area contributed by atoms with Gasteiger partial charge in [-0.3, -0.25) is 9.36 Å². The van der Waals surface area contributed by atoms with Crippen LogP contribution in [-0.4, -0.2) is 37.3 Å². The van der Waals surface area contributed by atoms with Gasteiger partial charge in [-0.05, 0) is 37.8 Å². The summed E-state index contributed by atoms with van der Waals surface area (Å²) in [6, 6.07) is 1.43. The zero-order valence-corrected chi connectivity index (χ0v) is 12.4. The first kappa shape index (κ1) is 15.5. The summed E-state index contributed by atoms with van der Waals surface area (Å²) >= 11 is 0. The van der Waals surface area contributed by atoms with E-state index in [9.17, 15) is 27.9 Å². The smallest absolute Gasteiger partial charge is 0.332 e. The predicted octanol–water partition coefficient (Wildman–Crippen LogP) is 1.73. The SMILES string of the molecule is O=C1C(P(=O)(O)O)CC[C@H]2CC[C@@H](c3ccc(F)nc3F)N12. The molecule has 2 aliphatic heterocycles. The number of nitrogens with zero attached hydrogens (tertiary/aromatic N) is 2. The van der Waals surface area contributed by atoms with E-state index in [1.54, 1.807) is 0 Å². The molecular weight excluding hydrogens is 317 g/mol. The molecule has 0 saturated carbocycles. The average molecular weight is 332 g/mol. The maximum absolute atomic E-state index is 13.9. The molecule has 0 aliphatic carbocycles. The average Bonchev–Trinajstić information content (AvgIpc) is 2.82. The Morgan fingerprint density at radius 3 is 2.50 bits per heavy atom. The van der Waals surface area contributed by atoms with Crippen molar-refractivity contribution in [1.82, 2.24) is 9.88 Å². The standard InChI is InChI=1S/C13H15F2N2O4P/c14-11-6-3-8(12(15)16-11)9-4-1-7-2-5-10(22(19,20)21)13(18)17(7)9/h3,6-7,9-10H,1-2,4-5H2,(H2,19,20,21)/t7-,9+,10?/m1/s1. The number of hydrogen-bond acceptors (Lipinski definition) is 3. The van der Waals surface area contributed by atoms with Crippen molar-refractivity contribution in [3.05, 3.63) is 29.6 Å². The molecule has 2 saturated heterocycles. The number of piperidine rings is 1. The number of amides is 1. The highest BCUT2D eigenvalue weighted by molar-refractivity contribution is 7.53. The van der Waals surface area contributed by atoms with Crippen LogP contribution in [0.15, 0.2) is 12.1 Å². The van der Waals surface area contributed by atoms with Crippen molar-refractivity contribution in [2.24, 2.45) is 0 Å². The predicted molar refractivity (Wildman–Crippen MR) is 71.8 cm³/mol. The third-order valence-corrected chi connectivity index (χ3v) is 5.72. The Hall–Kier alpha value is -1.37. The maximum atomic E-state index is 13.9. The minimum absolute atomic E-state index is 0.0867. The van der Waals surface area contributed by atoms with Crippen molar-refractivity contribution >= 4 is 13.5 Å². The van der Waals surface area contributed by atoms with E-state index >= 15 is 0 Å². The molecule has 0 radical (unpaired) electrons. The lowest BCUT2D eigenvalue weighted by Gasteiger charge is -2.38. The summed E-state index contributed by atoms with van der Waals surface area (Å²) in [5.41, 5.74) is -1.29. The summed E-state index contributed by atoms with van der Waals surface area (Å²) in [4.78, 5) is 35.5. The fraction of sp³-hybridized carbons (Fsp3) is 0.538. The Morgan fingerprint density at radius 1 is 1.18 bits per heavy atom.